The van der Waals surface area contributed by atoms with Crippen LogP contribution in [0, 0.1) is 0 Å². The molecule has 0 aromatic rings. The first kappa shape index (κ1) is 23.8. The predicted octanol–water partition coefficient (Wildman–Crippen LogP) is 4.60. The molecule has 0 aliphatic rings. The second kappa shape index (κ2) is 15.1. The number of ether oxygens (including phenoxy) is 1. The van der Waals surface area contributed by atoms with Crippen molar-refractivity contribution in [2.75, 3.05) is 34.0 Å². The first-order valence-corrected chi connectivity index (χ1v) is 10.7. The lowest BCUT2D eigenvalue weighted by atomic mass is 10.2. The molecule has 0 aromatic heterocycles. The number of allylic oxidation sites excluding steroid dienone is 1. The normalized spacial score (nSPS) is 13.5. The largest absolute Gasteiger partial charge is 0.474 e. The maximum atomic E-state index is 11.9. The standard InChI is InChI=1S/C16H31O6PS/c1-5-7-9-10-12-21-13-15(24-16(17)11-8-6-2)14-22-23(18,19-3)20-4/h8,11,15H,5-7,9-10,12-14H2,1-4H3/b11-8+/t15-/m0/s1. The zero-order chi connectivity index (χ0) is 18.3. The summed E-state index contributed by atoms with van der Waals surface area (Å²) in [5.74, 6) is 0. The van der Waals surface area contributed by atoms with E-state index >= 15 is 0 Å². The van der Waals surface area contributed by atoms with Crippen molar-refractivity contribution in [3.8, 4) is 0 Å². The highest BCUT2D eigenvalue weighted by molar-refractivity contribution is 8.14. The van der Waals surface area contributed by atoms with E-state index in [4.69, 9.17) is 18.3 Å². The van der Waals surface area contributed by atoms with Crippen LogP contribution in [0.1, 0.15) is 46.0 Å². The van der Waals surface area contributed by atoms with Crippen LogP contribution >= 0.6 is 19.6 Å². The smallest absolute Gasteiger partial charge is 0.380 e. The molecule has 0 saturated heterocycles. The molecule has 1 atom stereocenters. The summed E-state index contributed by atoms with van der Waals surface area (Å²) in [7, 11) is -1.04. The van der Waals surface area contributed by atoms with Gasteiger partial charge in [0.05, 0.1) is 18.5 Å². The minimum atomic E-state index is -3.55. The summed E-state index contributed by atoms with van der Waals surface area (Å²) in [4.78, 5) is 11.9. The fraction of sp³-hybridized carbons (Fsp3) is 0.812. The number of rotatable bonds is 15. The summed E-state index contributed by atoms with van der Waals surface area (Å²) >= 11 is 1.11. The topological polar surface area (TPSA) is 71.1 Å². The number of thioether (sulfide) groups is 1. The SMILES string of the molecule is CC/C=C/C(=O)S[C@@H](COCCCCCC)COP(=O)(OC)OC. The average molecular weight is 382 g/mol. The highest BCUT2D eigenvalue weighted by Crippen LogP contribution is 2.47. The Morgan fingerprint density at radius 3 is 2.42 bits per heavy atom. The fourth-order valence-electron chi connectivity index (χ4n) is 1.73. The van der Waals surface area contributed by atoms with E-state index in [1.54, 1.807) is 6.08 Å². The molecule has 0 bridgehead atoms. The molecule has 0 radical (unpaired) electrons. The summed E-state index contributed by atoms with van der Waals surface area (Å²) in [5.41, 5.74) is 0. The van der Waals surface area contributed by atoms with Crippen molar-refractivity contribution in [1.82, 2.24) is 0 Å². The number of hydrogen-bond acceptors (Lipinski definition) is 7. The molecule has 0 aliphatic carbocycles. The van der Waals surface area contributed by atoms with Gasteiger partial charge in [-0.05, 0) is 18.9 Å². The van der Waals surface area contributed by atoms with Gasteiger partial charge in [0.2, 0.25) is 5.12 Å². The quantitative estimate of drug-likeness (QED) is 0.233. The minimum Gasteiger partial charge on any atom is -0.380 e. The second-order valence-electron chi connectivity index (χ2n) is 5.11. The molecular weight excluding hydrogens is 351 g/mol. The predicted molar refractivity (Wildman–Crippen MR) is 98.4 cm³/mol. The lowest BCUT2D eigenvalue weighted by Crippen LogP contribution is -2.21. The van der Waals surface area contributed by atoms with Gasteiger partial charge in [-0.25, -0.2) is 4.57 Å². The van der Waals surface area contributed by atoms with E-state index in [9.17, 15) is 9.36 Å². The molecule has 0 fully saturated rings. The van der Waals surface area contributed by atoms with Crippen molar-refractivity contribution in [3.05, 3.63) is 12.2 Å². The van der Waals surface area contributed by atoms with Gasteiger partial charge in [0.15, 0.2) is 0 Å². The Labute approximate surface area is 150 Å². The van der Waals surface area contributed by atoms with Crippen molar-refractivity contribution in [2.45, 2.75) is 51.2 Å². The Balaban J connectivity index is 4.40. The lowest BCUT2D eigenvalue weighted by Gasteiger charge is -2.18. The average Bonchev–Trinajstić information content (AvgIpc) is 2.60. The molecule has 0 unspecified atom stereocenters. The van der Waals surface area contributed by atoms with Gasteiger partial charge in [0.25, 0.3) is 0 Å². The Hall–Kier alpha value is -0.170. The molecule has 0 amide bonds. The first-order chi connectivity index (χ1) is 11.5. The molecule has 8 heteroatoms. The highest BCUT2D eigenvalue weighted by atomic mass is 32.2. The highest BCUT2D eigenvalue weighted by Gasteiger charge is 2.26. The molecule has 0 spiro atoms. The zero-order valence-corrected chi connectivity index (χ0v) is 16.9. The number of carbonyl (C=O) groups is 1. The third-order valence-electron chi connectivity index (χ3n) is 3.08. The van der Waals surface area contributed by atoms with Crippen LogP contribution in [0.3, 0.4) is 0 Å². The van der Waals surface area contributed by atoms with Gasteiger partial charge < -0.3 is 4.74 Å². The molecular formula is C16H31O6PS. The molecule has 0 heterocycles. The van der Waals surface area contributed by atoms with Crippen LogP contribution < -0.4 is 0 Å². The number of carbonyl (C=O) groups excluding carboxylic acids is 1. The molecule has 0 rings (SSSR count). The number of hydrogen-bond donors (Lipinski definition) is 0. The van der Waals surface area contributed by atoms with E-state index in [1.165, 1.54) is 33.1 Å². The monoisotopic (exact) mass is 382 g/mol. The summed E-state index contributed by atoms with van der Waals surface area (Å²) in [6, 6.07) is 0. The maximum Gasteiger partial charge on any atom is 0.474 e. The van der Waals surface area contributed by atoms with Crippen LogP contribution in [-0.2, 0) is 27.7 Å². The third-order valence-corrected chi connectivity index (χ3v) is 5.42. The lowest BCUT2D eigenvalue weighted by molar-refractivity contribution is -0.107. The molecule has 0 aliphatic heterocycles. The second-order valence-corrected chi connectivity index (χ2v) is 8.30. The maximum absolute atomic E-state index is 11.9. The van der Waals surface area contributed by atoms with Crippen LogP contribution in [0.5, 0.6) is 0 Å². The number of phosphoric acid groups is 1. The van der Waals surface area contributed by atoms with E-state index in [2.05, 4.69) is 6.92 Å². The van der Waals surface area contributed by atoms with Crippen LogP contribution in [0.15, 0.2) is 12.2 Å². The van der Waals surface area contributed by atoms with Crippen molar-refractivity contribution in [2.24, 2.45) is 0 Å². The first-order valence-electron chi connectivity index (χ1n) is 8.32. The van der Waals surface area contributed by atoms with E-state index in [1.807, 2.05) is 6.92 Å². The van der Waals surface area contributed by atoms with E-state index in [0.717, 1.165) is 31.0 Å². The molecule has 0 N–H and O–H groups in total. The fourth-order valence-corrected chi connectivity index (χ4v) is 3.36. The zero-order valence-electron chi connectivity index (χ0n) is 15.2. The molecule has 0 aromatic carbocycles. The van der Waals surface area contributed by atoms with Gasteiger partial charge in [-0.3, -0.25) is 18.4 Å². The van der Waals surface area contributed by atoms with E-state index in [0.29, 0.717) is 13.2 Å². The molecule has 142 valence electrons. The van der Waals surface area contributed by atoms with Gasteiger partial charge in [0, 0.05) is 20.8 Å². The Bertz CT molecular complexity index is 394. The van der Waals surface area contributed by atoms with Crippen LogP contribution in [-0.4, -0.2) is 44.4 Å². The van der Waals surface area contributed by atoms with Crippen molar-refractivity contribution in [3.63, 3.8) is 0 Å². The Kier molecular flexibility index (Phi) is 15.0. The number of phosphoric ester groups is 1. The Morgan fingerprint density at radius 1 is 1.12 bits per heavy atom. The van der Waals surface area contributed by atoms with Crippen molar-refractivity contribution >= 4 is 24.7 Å². The summed E-state index contributed by atoms with van der Waals surface area (Å²) in [6.07, 6.45) is 8.61. The van der Waals surface area contributed by atoms with Gasteiger partial charge >= 0.3 is 7.82 Å². The van der Waals surface area contributed by atoms with Gasteiger partial charge in [-0.1, -0.05) is 50.9 Å². The molecule has 0 saturated carbocycles. The van der Waals surface area contributed by atoms with Gasteiger partial charge in [-0.2, -0.15) is 0 Å². The number of unbranched alkanes of at least 4 members (excludes halogenated alkanes) is 3. The van der Waals surface area contributed by atoms with E-state index < -0.39 is 7.82 Å². The summed E-state index contributed by atoms with van der Waals surface area (Å²) < 4.78 is 32.3. The molecule has 6 nitrogen and oxygen atoms in total. The van der Waals surface area contributed by atoms with Gasteiger partial charge in [0.1, 0.15) is 0 Å². The van der Waals surface area contributed by atoms with Crippen LogP contribution in [0.4, 0.5) is 0 Å². The summed E-state index contributed by atoms with van der Waals surface area (Å²) in [6.45, 7) is 5.15. The molecule has 24 heavy (non-hydrogen) atoms. The summed E-state index contributed by atoms with van der Waals surface area (Å²) in [5, 5.41) is -0.353. The third kappa shape index (κ3) is 12.2. The van der Waals surface area contributed by atoms with E-state index in [-0.39, 0.29) is 17.0 Å². The van der Waals surface area contributed by atoms with Gasteiger partial charge in [-0.15, -0.1) is 0 Å². The minimum absolute atomic E-state index is 0.0459. The van der Waals surface area contributed by atoms with Crippen molar-refractivity contribution < 1.29 is 27.7 Å². The van der Waals surface area contributed by atoms with Crippen LogP contribution in [0.2, 0.25) is 0 Å². The van der Waals surface area contributed by atoms with Crippen molar-refractivity contribution in [1.29, 1.82) is 0 Å². The Morgan fingerprint density at radius 2 is 1.83 bits per heavy atom. The van der Waals surface area contributed by atoms with Crippen LogP contribution in [0.25, 0.3) is 0 Å².